The highest BCUT2D eigenvalue weighted by atomic mass is 16.6. The molecule has 166 valence electrons. The van der Waals surface area contributed by atoms with Gasteiger partial charge in [-0.1, -0.05) is 19.1 Å². The molecule has 5 atom stereocenters. The van der Waals surface area contributed by atoms with Crippen LogP contribution in [-0.4, -0.2) is 37.3 Å². The van der Waals surface area contributed by atoms with E-state index in [2.05, 4.69) is 42.1 Å². The molecule has 1 aliphatic heterocycles. The summed E-state index contributed by atoms with van der Waals surface area (Å²) in [6.45, 7) is 8.30. The molecule has 0 spiro atoms. The molecule has 2 heterocycles. The smallest absolute Gasteiger partial charge is 0.310 e. The van der Waals surface area contributed by atoms with Gasteiger partial charge >= 0.3 is 5.97 Å². The Morgan fingerprint density at radius 3 is 3.10 bits per heavy atom. The maximum absolute atomic E-state index is 12.7. The van der Waals surface area contributed by atoms with E-state index >= 15 is 0 Å². The maximum Gasteiger partial charge on any atom is 0.310 e. The number of fused-ring (bicyclic) bond motifs is 3. The molecule has 0 amide bonds. The number of allylic oxidation sites excluding steroid dienone is 1. The number of hydrogen-bond acceptors (Lipinski definition) is 4. The van der Waals surface area contributed by atoms with Crippen LogP contribution in [0.1, 0.15) is 44.6 Å². The molecular formula is C26H34N2O3. The van der Waals surface area contributed by atoms with E-state index in [9.17, 15) is 4.79 Å². The zero-order valence-corrected chi connectivity index (χ0v) is 18.7. The summed E-state index contributed by atoms with van der Waals surface area (Å²) in [5.41, 5.74) is 4.04. The third kappa shape index (κ3) is 3.67. The number of H-pyrrole nitrogens is 1. The first-order valence-corrected chi connectivity index (χ1v) is 11.7. The minimum atomic E-state index is -0.0349. The van der Waals surface area contributed by atoms with E-state index in [4.69, 9.17) is 9.47 Å². The predicted octanol–water partition coefficient (Wildman–Crippen LogP) is 4.62. The highest BCUT2D eigenvalue weighted by molar-refractivity contribution is 5.84. The molecule has 2 aromatic rings. The molecule has 1 aromatic heterocycles. The Hall–Kier alpha value is -2.27. The summed E-state index contributed by atoms with van der Waals surface area (Å²) in [6.07, 6.45) is 8.72. The highest BCUT2D eigenvalue weighted by Gasteiger charge is 2.54. The lowest BCUT2D eigenvalue weighted by Crippen LogP contribution is -2.45. The van der Waals surface area contributed by atoms with E-state index in [0.29, 0.717) is 18.4 Å². The Morgan fingerprint density at radius 1 is 1.39 bits per heavy atom. The number of nitrogens with one attached hydrogen (secondary N) is 2. The zero-order chi connectivity index (χ0) is 21.6. The summed E-state index contributed by atoms with van der Waals surface area (Å²) in [5.74, 6) is 1.69. The Morgan fingerprint density at radius 2 is 2.26 bits per heavy atom. The summed E-state index contributed by atoms with van der Waals surface area (Å²) in [4.78, 5) is 16.0. The monoisotopic (exact) mass is 422 g/mol. The van der Waals surface area contributed by atoms with Crippen LogP contribution < -0.4 is 10.1 Å². The third-order valence-electron chi connectivity index (χ3n) is 8.23. The van der Waals surface area contributed by atoms with E-state index in [1.54, 1.807) is 7.11 Å². The summed E-state index contributed by atoms with van der Waals surface area (Å²) in [6, 6.07) is 6.10. The van der Waals surface area contributed by atoms with Crippen LogP contribution in [0.5, 0.6) is 5.75 Å². The molecule has 2 aliphatic carbocycles. The number of rotatable bonds is 6. The number of aromatic nitrogens is 1. The third-order valence-corrected chi connectivity index (χ3v) is 8.23. The van der Waals surface area contributed by atoms with Gasteiger partial charge in [0.15, 0.2) is 0 Å². The summed E-state index contributed by atoms with van der Waals surface area (Å²) >= 11 is 0. The number of carbonyl (C=O) groups is 1. The van der Waals surface area contributed by atoms with Gasteiger partial charge in [-0.3, -0.25) is 4.79 Å². The fourth-order valence-electron chi connectivity index (χ4n) is 6.46. The minimum absolute atomic E-state index is 0.00723. The van der Waals surface area contributed by atoms with Crippen LogP contribution in [0.3, 0.4) is 0 Å². The van der Waals surface area contributed by atoms with E-state index in [1.807, 2.05) is 6.07 Å². The SMILES string of the molecule is C=C1CCC[C@]2(C)C[C@H]3OC(=O)C(CNCCc4c[nH]c5ccc(OC)cc45)[C@H]3CC12. The normalized spacial score (nSPS) is 32.6. The first-order valence-electron chi connectivity index (χ1n) is 11.7. The molecule has 3 fully saturated rings. The molecule has 2 unspecified atom stereocenters. The molecular weight excluding hydrogens is 388 g/mol. The second kappa shape index (κ2) is 8.01. The van der Waals surface area contributed by atoms with Crippen LogP contribution in [0.2, 0.25) is 0 Å². The average Bonchev–Trinajstić information content (AvgIpc) is 3.29. The molecule has 2 saturated carbocycles. The van der Waals surface area contributed by atoms with Crippen LogP contribution in [0.25, 0.3) is 10.9 Å². The van der Waals surface area contributed by atoms with Crippen molar-refractivity contribution in [2.75, 3.05) is 20.2 Å². The standard InChI is InChI=1S/C26H34N2O3/c1-16-5-4-9-26(2)13-24-20(12-22(16)26)21(25(29)31-24)15-27-10-8-17-14-28-23-7-6-18(30-3)11-19(17)23/h6-7,11,14,20-22,24,27-28H,1,4-5,8-10,12-13,15H2,2-3H3/t20-,21?,22?,24-,26-/m1/s1. The molecule has 2 N–H and O–H groups in total. The van der Waals surface area contributed by atoms with E-state index in [1.165, 1.54) is 29.4 Å². The van der Waals surface area contributed by atoms with Gasteiger partial charge in [-0.25, -0.2) is 0 Å². The van der Waals surface area contributed by atoms with Gasteiger partial charge in [0.2, 0.25) is 0 Å². The van der Waals surface area contributed by atoms with Crippen LogP contribution >= 0.6 is 0 Å². The molecule has 5 nitrogen and oxygen atoms in total. The fourth-order valence-corrected chi connectivity index (χ4v) is 6.46. The van der Waals surface area contributed by atoms with Crippen molar-refractivity contribution in [3.05, 3.63) is 42.1 Å². The van der Waals surface area contributed by atoms with Gasteiger partial charge in [0.05, 0.1) is 13.0 Å². The van der Waals surface area contributed by atoms with Crippen molar-refractivity contribution in [2.45, 2.75) is 51.6 Å². The van der Waals surface area contributed by atoms with E-state index in [0.717, 1.165) is 43.5 Å². The molecule has 31 heavy (non-hydrogen) atoms. The van der Waals surface area contributed by atoms with Gasteiger partial charge in [-0.05, 0) is 80.2 Å². The van der Waals surface area contributed by atoms with Crippen molar-refractivity contribution in [3.63, 3.8) is 0 Å². The summed E-state index contributed by atoms with van der Waals surface area (Å²) in [7, 11) is 1.69. The quantitative estimate of drug-likeness (QED) is 0.405. The average molecular weight is 423 g/mol. The summed E-state index contributed by atoms with van der Waals surface area (Å²) < 4.78 is 11.3. The van der Waals surface area contributed by atoms with Crippen LogP contribution in [0.15, 0.2) is 36.5 Å². The van der Waals surface area contributed by atoms with Crippen molar-refractivity contribution in [3.8, 4) is 5.75 Å². The number of esters is 1. The predicted molar refractivity (Wildman–Crippen MR) is 122 cm³/mol. The van der Waals surface area contributed by atoms with E-state index in [-0.39, 0.29) is 23.4 Å². The molecule has 0 radical (unpaired) electrons. The van der Waals surface area contributed by atoms with Crippen molar-refractivity contribution in [2.24, 2.45) is 23.2 Å². The number of ether oxygens (including phenoxy) is 2. The second-order valence-electron chi connectivity index (χ2n) is 10.1. The maximum atomic E-state index is 12.7. The Balaban J connectivity index is 1.20. The van der Waals surface area contributed by atoms with Gasteiger partial charge in [0.25, 0.3) is 0 Å². The molecule has 5 heteroatoms. The molecule has 1 saturated heterocycles. The van der Waals surface area contributed by atoms with Crippen molar-refractivity contribution in [1.82, 2.24) is 10.3 Å². The van der Waals surface area contributed by atoms with Gasteiger partial charge in [-0.2, -0.15) is 0 Å². The fraction of sp³-hybridized carbons (Fsp3) is 0.577. The molecule has 0 bridgehead atoms. The second-order valence-corrected chi connectivity index (χ2v) is 10.1. The number of hydrogen-bond donors (Lipinski definition) is 2. The van der Waals surface area contributed by atoms with Crippen molar-refractivity contribution in [1.29, 1.82) is 0 Å². The van der Waals surface area contributed by atoms with Gasteiger partial charge in [0, 0.05) is 29.6 Å². The number of carbonyl (C=O) groups excluding carboxylic acids is 1. The molecule has 1 aromatic carbocycles. The first-order chi connectivity index (χ1) is 15.0. The lowest BCUT2D eigenvalue weighted by atomic mass is 9.55. The zero-order valence-electron chi connectivity index (χ0n) is 18.7. The summed E-state index contributed by atoms with van der Waals surface area (Å²) in [5, 5.41) is 4.74. The van der Waals surface area contributed by atoms with E-state index < -0.39 is 0 Å². The Kier molecular flexibility index (Phi) is 5.33. The van der Waals surface area contributed by atoms with Crippen LogP contribution in [0.4, 0.5) is 0 Å². The minimum Gasteiger partial charge on any atom is -0.497 e. The van der Waals surface area contributed by atoms with Crippen molar-refractivity contribution >= 4 is 16.9 Å². The van der Waals surface area contributed by atoms with Crippen molar-refractivity contribution < 1.29 is 14.3 Å². The van der Waals surface area contributed by atoms with Crippen LogP contribution in [0, 0.1) is 23.2 Å². The lowest BCUT2D eigenvalue weighted by Gasteiger charge is -2.50. The van der Waals surface area contributed by atoms with Gasteiger partial charge < -0.3 is 19.8 Å². The number of benzene rings is 1. The Bertz CT molecular complexity index is 996. The topological polar surface area (TPSA) is 63.3 Å². The first kappa shape index (κ1) is 20.6. The Labute approximate surface area is 184 Å². The lowest BCUT2D eigenvalue weighted by molar-refractivity contribution is -0.146. The number of methoxy groups -OCH3 is 1. The molecule has 3 aliphatic rings. The highest BCUT2D eigenvalue weighted by Crippen LogP contribution is 2.56. The van der Waals surface area contributed by atoms with Gasteiger partial charge in [0.1, 0.15) is 11.9 Å². The molecule has 5 rings (SSSR count). The number of aromatic amines is 1. The van der Waals surface area contributed by atoms with Gasteiger partial charge in [-0.15, -0.1) is 0 Å². The largest absolute Gasteiger partial charge is 0.497 e. The van der Waals surface area contributed by atoms with Crippen LogP contribution in [-0.2, 0) is 16.0 Å².